The van der Waals surface area contributed by atoms with E-state index in [0.29, 0.717) is 5.82 Å². The largest absolute Gasteiger partial charge is 0.369 e. The lowest BCUT2D eigenvalue weighted by Gasteiger charge is -2.35. The number of primary amides is 1. The Morgan fingerprint density at radius 2 is 2.08 bits per heavy atom. The Bertz CT molecular complexity index is 697. The summed E-state index contributed by atoms with van der Waals surface area (Å²) in [5, 5.41) is 4.53. The molecular formula is C19H27N5O. The van der Waals surface area contributed by atoms with Crippen LogP contribution in [0.1, 0.15) is 55.9 Å². The summed E-state index contributed by atoms with van der Waals surface area (Å²) in [5.41, 5.74) is 6.64. The van der Waals surface area contributed by atoms with Crippen LogP contribution in [0.15, 0.2) is 30.3 Å². The highest BCUT2D eigenvalue weighted by molar-refractivity contribution is 5.75. The minimum atomic E-state index is -0.384. The minimum Gasteiger partial charge on any atom is -0.369 e. The van der Waals surface area contributed by atoms with E-state index in [2.05, 4.69) is 41.2 Å². The van der Waals surface area contributed by atoms with E-state index in [1.165, 1.54) is 18.4 Å². The molecule has 1 fully saturated rings. The molecule has 2 heterocycles. The van der Waals surface area contributed by atoms with Gasteiger partial charge in [0.2, 0.25) is 5.91 Å². The van der Waals surface area contributed by atoms with Crippen LogP contribution >= 0.6 is 0 Å². The molecule has 134 valence electrons. The SMILES string of the molecule is CCCn1nc(CC(N)=O)nc1[C@H]1CCCCN1Cc1ccccc1. The number of nitrogens with two attached hydrogens (primary N) is 1. The maximum absolute atomic E-state index is 11.3. The Balaban J connectivity index is 1.85. The van der Waals surface area contributed by atoms with Gasteiger partial charge in [-0.15, -0.1) is 0 Å². The molecule has 0 bridgehead atoms. The van der Waals surface area contributed by atoms with Gasteiger partial charge in [0.15, 0.2) is 5.82 Å². The number of aromatic nitrogens is 3. The van der Waals surface area contributed by atoms with Crippen LogP contribution in [0.5, 0.6) is 0 Å². The van der Waals surface area contributed by atoms with E-state index < -0.39 is 0 Å². The van der Waals surface area contributed by atoms with Crippen LogP contribution in [0, 0.1) is 0 Å². The summed E-state index contributed by atoms with van der Waals surface area (Å²) in [7, 11) is 0. The molecule has 0 aliphatic carbocycles. The van der Waals surface area contributed by atoms with Crippen LogP contribution in [0.25, 0.3) is 0 Å². The second-order valence-electron chi connectivity index (χ2n) is 6.72. The second kappa shape index (κ2) is 8.25. The van der Waals surface area contributed by atoms with Gasteiger partial charge in [-0.25, -0.2) is 9.67 Å². The molecule has 6 heteroatoms. The number of aryl methyl sites for hydroxylation is 1. The fraction of sp³-hybridized carbons (Fsp3) is 0.526. The molecule has 2 aromatic rings. The highest BCUT2D eigenvalue weighted by atomic mass is 16.1. The van der Waals surface area contributed by atoms with E-state index in [-0.39, 0.29) is 18.4 Å². The van der Waals surface area contributed by atoms with Gasteiger partial charge in [-0.2, -0.15) is 5.10 Å². The summed E-state index contributed by atoms with van der Waals surface area (Å²) in [6, 6.07) is 10.8. The van der Waals surface area contributed by atoms with Crippen molar-refractivity contribution in [1.82, 2.24) is 19.7 Å². The molecule has 0 saturated carbocycles. The van der Waals surface area contributed by atoms with E-state index in [1.807, 2.05) is 10.7 Å². The highest BCUT2D eigenvalue weighted by Gasteiger charge is 2.29. The third-order valence-electron chi connectivity index (χ3n) is 4.65. The molecule has 3 rings (SSSR count). The Labute approximate surface area is 149 Å². The van der Waals surface area contributed by atoms with E-state index >= 15 is 0 Å². The molecule has 1 amide bonds. The van der Waals surface area contributed by atoms with Gasteiger partial charge in [-0.1, -0.05) is 43.7 Å². The number of hydrogen-bond donors (Lipinski definition) is 1. The van der Waals surface area contributed by atoms with Crippen molar-refractivity contribution in [2.75, 3.05) is 6.54 Å². The Morgan fingerprint density at radius 3 is 2.80 bits per heavy atom. The Kier molecular flexibility index (Phi) is 5.81. The summed E-state index contributed by atoms with van der Waals surface area (Å²) in [6.45, 7) is 4.91. The monoisotopic (exact) mass is 341 g/mol. The number of benzene rings is 1. The van der Waals surface area contributed by atoms with Crippen molar-refractivity contribution in [3.63, 3.8) is 0 Å². The zero-order valence-electron chi connectivity index (χ0n) is 14.9. The Morgan fingerprint density at radius 1 is 1.28 bits per heavy atom. The third-order valence-corrected chi connectivity index (χ3v) is 4.65. The molecule has 1 saturated heterocycles. The van der Waals surface area contributed by atoms with Gasteiger partial charge in [-0.3, -0.25) is 9.69 Å². The molecule has 1 aliphatic rings. The first-order chi connectivity index (χ1) is 12.2. The van der Waals surface area contributed by atoms with E-state index in [9.17, 15) is 4.79 Å². The number of carbonyl (C=O) groups excluding carboxylic acids is 1. The predicted octanol–water partition coefficient (Wildman–Crippen LogP) is 2.44. The van der Waals surface area contributed by atoms with Crippen LogP contribution in [0.3, 0.4) is 0 Å². The average molecular weight is 341 g/mol. The number of likely N-dealkylation sites (tertiary alicyclic amines) is 1. The second-order valence-corrected chi connectivity index (χ2v) is 6.72. The van der Waals surface area contributed by atoms with Gasteiger partial charge in [0.05, 0.1) is 12.5 Å². The van der Waals surface area contributed by atoms with Crippen molar-refractivity contribution in [1.29, 1.82) is 0 Å². The zero-order chi connectivity index (χ0) is 17.6. The Hall–Kier alpha value is -2.21. The van der Waals surface area contributed by atoms with Gasteiger partial charge < -0.3 is 5.73 Å². The minimum absolute atomic E-state index is 0.106. The van der Waals surface area contributed by atoms with Crippen molar-refractivity contribution >= 4 is 5.91 Å². The predicted molar refractivity (Wildman–Crippen MR) is 96.7 cm³/mol. The topological polar surface area (TPSA) is 77.0 Å². The first-order valence-electron chi connectivity index (χ1n) is 9.17. The fourth-order valence-electron chi connectivity index (χ4n) is 3.55. The number of carbonyl (C=O) groups is 1. The lowest BCUT2D eigenvalue weighted by molar-refractivity contribution is -0.117. The van der Waals surface area contributed by atoms with Crippen LogP contribution in [0.4, 0.5) is 0 Å². The molecule has 0 unspecified atom stereocenters. The van der Waals surface area contributed by atoms with E-state index in [4.69, 9.17) is 10.7 Å². The number of rotatable bonds is 7. The zero-order valence-corrected chi connectivity index (χ0v) is 14.9. The van der Waals surface area contributed by atoms with Crippen molar-refractivity contribution < 1.29 is 4.79 Å². The summed E-state index contributed by atoms with van der Waals surface area (Å²) in [5.74, 6) is 1.14. The van der Waals surface area contributed by atoms with Gasteiger partial charge in [-0.05, 0) is 31.4 Å². The first-order valence-corrected chi connectivity index (χ1v) is 9.17. The summed E-state index contributed by atoms with van der Waals surface area (Å²) in [6.07, 6.45) is 4.57. The lowest BCUT2D eigenvalue weighted by Crippen LogP contribution is -2.34. The molecule has 1 aromatic carbocycles. The highest BCUT2D eigenvalue weighted by Crippen LogP contribution is 2.31. The lowest BCUT2D eigenvalue weighted by atomic mass is 10.0. The molecule has 1 aromatic heterocycles. The van der Waals surface area contributed by atoms with Gasteiger partial charge >= 0.3 is 0 Å². The summed E-state index contributed by atoms with van der Waals surface area (Å²) >= 11 is 0. The quantitative estimate of drug-likeness (QED) is 0.839. The normalized spacial score (nSPS) is 18.4. The molecule has 1 aliphatic heterocycles. The average Bonchev–Trinajstić information content (AvgIpc) is 2.98. The maximum Gasteiger partial charge on any atom is 0.225 e. The van der Waals surface area contributed by atoms with E-state index in [0.717, 1.165) is 38.3 Å². The van der Waals surface area contributed by atoms with Gasteiger partial charge in [0, 0.05) is 13.1 Å². The summed E-state index contributed by atoms with van der Waals surface area (Å²) < 4.78 is 1.98. The first kappa shape index (κ1) is 17.6. The van der Waals surface area contributed by atoms with Crippen molar-refractivity contribution in [2.45, 2.75) is 58.2 Å². The van der Waals surface area contributed by atoms with Crippen LogP contribution < -0.4 is 5.73 Å². The smallest absolute Gasteiger partial charge is 0.225 e. The maximum atomic E-state index is 11.3. The van der Waals surface area contributed by atoms with Gasteiger partial charge in [0.1, 0.15) is 5.82 Å². The third kappa shape index (κ3) is 4.45. The molecule has 6 nitrogen and oxygen atoms in total. The van der Waals surface area contributed by atoms with Crippen molar-refractivity contribution in [3.05, 3.63) is 47.5 Å². The van der Waals surface area contributed by atoms with Crippen molar-refractivity contribution in [2.24, 2.45) is 5.73 Å². The van der Waals surface area contributed by atoms with Crippen LogP contribution in [0.2, 0.25) is 0 Å². The molecule has 25 heavy (non-hydrogen) atoms. The summed E-state index contributed by atoms with van der Waals surface area (Å²) in [4.78, 5) is 18.4. The van der Waals surface area contributed by atoms with Crippen LogP contribution in [-0.4, -0.2) is 32.1 Å². The molecule has 0 radical (unpaired) electrons. The van der Waals surface area contributed by atoms with E-state index in [1.54, 1.807) is 0 Å². The standard InChI is InChI=1S/C19H27N5O/c1-2-11-24-19(21-18(22-24)13-17(20)25)16-10-6-7-12-23(16)14-15-8-4-3-5-9-15/h3-5,8-9,16H,2,6-7,10-14H2,1H3,(H2,20,25)/t16-/m1/s1. The van der Waals surface area contributed by atoms with Crippen LogP contribution in [-0.2, 0) is 24.3 Å². The fourth-order valence-corrected chi connectivity index (χ4v) is 3.55. The number of nitrogens with zero attached hydrogens (tertiary/aromatic N) is 4. The molecule has 0 spiro atoms. The molecule has 2 N–H and O–H groups in total. The number of hydrogen-bond acceptors (Lipinski definition) is 4. The molecule has 1 atom stereocenters. The van der Waals surface area contributed by atoms with Crippen molar-refractivity contribution in [3.8, 4) is 0 Å². The molecular weight excluding hydrogens is 314 g/mol. The number of amides is 1. The van der Waals surface area contributed by atoms with Gasteiger partial charge in [0.25, 0.3) is 0 Å². The number of piperidine rings is 1.